The van der Waals surface area contributed by atoms with Crippen molar-refractivity contribution >= 4 is 0 Å². The molecule has 82 valence electrons. The van der Waals surface area contributed by atoms with E-state index in [0.29, 0.717) is 0 Å². The molecule has 2 heteroatoms. The maximum Gasteiger partial charge on any atom is 0.0416 e. The highest BCUT2D eigenvalue weighted by atomic mass is 15.1. The van der Waals surface area contributed by atoms with E-state index >= 15 is 0 Å². The fourth-order valence-corrected chi connectivity index (χ4v) is 1.45. The van der Waals surface area contributed by atoms with Crippen molar-refractivity contribution in [2.75, 3.05) is 20.1 Å². The molecule has 15 heavy (non-hydrogen) atoms. The first kappa shape index (κ1) is 11.9. The van der Waals surface area contributed by atoms with Crippen molar-refractivity contribution in [3.8, 4) is 0 Å². The lowest BCUT2D eigenvalue weighted by Crippen LogP contribution is -2.23. The predicted molar refractivity (Wildman–Crippen MR) is 64.9 cm³/mol. The second kappa shape index (κ2) is 6.36. The second-order valence-electron chi connectivity index (χ2n) is 3.94. The van der Waals surface area contributed by atoms with Crippen LogP contribution in [0, 0.1) is 0 Å². The summed E-state index contributed by atoms with van der Waals surface area (Å²) < 4.78 is 0. The molecular weight excluding hydrogens is 184 g/mol. The molecule has 0 radical (unpaired) electrons. The molecule has 1 aromatic rings. The third-order valence-electron chi connectivity index (χ3n) is 2.49. The summed E-state index contributed by atoms with van der Waals surface area (Å²) in [4.78, 5) is 6.63. The molecule has 0 aliphatic rings. The van der Waals surface area contributed by atoms with Gasteiger partial charge in [-0.2, -0.15) is 0 Å². The Balaban J connectivity index is 2.31. The molecule has 0 bridgehead atoms. The Morgan fingerprint density at radius 1 is 1.47 bits per heavy atom. The molecule has 0 saturated heterocycles. The minimum Gasteiger partial charge on any atom is -0.302 e. The molecule has 0 saturated carbocycles. The minimum absolute atomic E-state index is 1.02. The quantitative estimate of drug-likeness (QED) is 0.685. The summed E-state index contributed by atoms with van der Waals surface area (Å²) in [6.07, 6.45) is 5.04. The van der Waals surface area contributed by atoms with Crippen LogP contribution in [-0.2, 0) is 6.42 Å². The van der Waals surface area contributed by atoms with E-state index in [-0.39, 0.29) is 0 Å². The molecule has 1 aromatic heterocycles. The maximum atomic E-state index is 4.31. The second-order valence-corrected chi connectivity index (χ2v) is 3.94. The SMILES string of the molecule is C/C=C(/C)CN(C)CCc1ccccn1. The summed E-state index contributed by atoms with van der Waals surface area (Å²) >= 11 is 0. The fraction of sp³-hybridized carbons (Fsp3) is 0.462. The Bertz CT molecular complexity index is 304. The van der Waals surface area contributed by atoms with Crippen molar-refractivity contribution in [2.45, 2.75) is 20.3 Å². The first-order chi connectivity index (χ1) is 7.22. The largest absolute Gasteiger partial charge is 0.302 e. The summed E-state index contributed by atoms with van der Waals surface area (Å²) in [5, 5.41) is 0. The van der Waals surface area contributed by atoms with Crippen molar-refractivity contribution in [3.63, 3.8) is 0 Å². The molecular formula is C13H20N2. The van der Waals surface area contributed by atoms with Crippen LogP contribution < -0.4 is 0 Å². The smallest absolute Gasteiger partial charge is 0.0416 e. The lowest BCUT2D eigenvalue weighted by molar-refractivity contribution is 0.365. The summed E-state index contributed by atoms with van der Waals surface area (Å²) in [6, 6.07) is 6.08. The molecule has 1 rings (SSSR count). The summed E-state index contributed by atoms with van der Waals surface area (Å²) in [7, 11) is 2.15. The van der Waals surface area contributed by atoms with Gasteiger partial charge in [0.05, 0.1) is 0 Å². The predicted octanol–water partition coefficient (Wildman–Crippen LogP) is 2.52. The molecule has 0 aliphatic carbocycles. The van der Waals surface area contributed by atoms with Crippen molar-refractivity contribution in [1.82, 2.24) is 9.88 Å². The lowest BCUT2D eigenvalue weighted by Gasteiger charge is -2.16. The molecule has 0 aromatic carbocycles. The van der Waals surface area contributed by atoms with Crippen LogP contribution >= 0.6 is 0 Å². The van der Waals surface area contributed by atoms with Crippen molar-refractivity contribution in [1.29, 1.82) is 0 Å². The zero-order chi connectivity index (χ0) is 11.1. The van der Waals surface area contributed by atoms with Gasteiger partial charge in [0.2, 0.25) is 0 Å². The number of hydrogen-bond acceptors (Lipinski definition) is 2. The molecule has 0 N–H and O–H groups in total. The third-order valence-corrected chi connectivity index (χ3v) is 2.49. The number of nitrogens with zero attached hydrogens (tertiary/aromatic N) is 2. The number of allylic oxidation sites excluding steroid dienone is 1. The van der Waals surface area contributed by atoms with Crippen molar-refractivity contribution in [3.05, 3.63) is 41.7 Å². The van der Waals surface area contributed by atoms with Crippen LogP contribution in [0.1, 0.15) is 19.5 Å². The van der Waals surface area contributed by atoms with E-state index in [1.165, 1.54) is 11.3 Å². The lowest BCUT2D eigenvalue weighted by atomic mass is 10.2. The fourth-order valence-electron chi connectivity index (χ4n) is 1.45. The van der Waals surface area contributed by atoms with E-state index in [9.17, 15) is 0 Å². The van der Waals surface area contributed by atoms with Gasteiger partial charge >= 0.3 is 0 Å². The average molecular weight is 204 g/mol. The van der Waals surface area contributed by atoms with Gasteiger partial charge in [0.15, 0.2) is 0 Å². The van der Waals surface area contributed by atoms with Gasteiger partial charge in [0.25, 0.3) is 0 Å². The van der Waals surface area contributed by atoms with Gasteiger partial charge in [0, 0.05) is 31.4 Å². The van der Waals surface area contributed by atoms with Gasteiger partial charge in [0.1, 0.15) is 0 Å². The molecule has 0 aliphatic heterocycles. The number of likely N-dealkylation sites (N-methyl/N-ethyl adjacent to an activating group) is 1. The molecule has 0 fully saturated rings. The summed E-state index contributed by atoms with van der Waals surface area (Å²) in [6.45, 7) is 6.35. The van der Waals surface area contributed by atoms with Crippen LogP contribution in [0.3, 0.4) is 0 Å². The highest BCUT2D eigenvalue weighted by Gasteiger charge is 2.00. The number of rotatable bonds is 5. The van der Waals surface area contributed by atoms with Gasteiger partial charge in [-0.15, -0.1) is 0 Å². The first-order valence-electron chi connectivity index (χ1n) is 5.42. The van der Waals surface area contributed by atoms with Gasteiger partial charge in [-0.3, -0.25) is 4.98 Å². The van der Waals surface area contributed by atoms with Gasteiger partial charge in [-0.25, -0.2) is 0 Å². The zero-order valence-electron chi connectivity index (χ0n) is 9.90. The van der Waals surface area contributed by atoms with Gasteiger partial charge < -0.3 is 4.90 Å². The molecule has 0 unspecified atom stereocenters. The third kappa shape index (κ3) is 4.75. The zero-order valence-corrected chi connectivity index (χ0v) is 9.90. The van der Waals surface area contributed by atoms with E-state index < -0.39 is 0 Å². The highest BCUT2D eigenvalue weighted by molar-refractivity contribution is 5.04. The first-order valence-corrected chi connectivity index (χ1v) is 5.42. The maximum absolute atomic E-state index is 4.31. The van der Waals surface area contributed by atoms with Crippen molar-refractivity contribution < 1.29 is 0 Å². The number of aromatic nitrogens is 1. The van der Waals surface area contributed by atoms with E-state index in [1.54, 1.807) is 0 Å². The topological polar surface area (TPSA) is 16.1 Å². The standard InChI is InChI=1S/C13H20N2/c1-4-12(2)11-15(3)10-8-13-7-5-6-9-14-13/h4-7,9H,8,10-11H2,1-3H3/b12-4-. The van der Waals surface area contributed by atoms with Crippen LogP contribution in [0.15, 0.2) is 36.0 Å². The number of pyridine rings is 1. The van der Waals surface area contributed by atoms with Crippen molar-refractivity contribution in [2.24, 2.45) is 0 Å². The van der Waals surface area contributed by atoms with Gasteiger partial charge in [-0.05, 0) is 33.0 Å². The normalized spacial score (nSPS) is 12.1. The van der Waals surface area contributed by atoms with E-state index in [2.05, 4.69) is 42.9 Å². The Hall–Kier alpha value is -1.15. The van der Waals surface area contributed by atoms with Crippen LogP contribution in [-0.4, -0.2) is 30.0 Å². The Morgan fingerprint density at radius 3 is 2.87 bits per heavy atom. The molecule has 2 nitrogen and oxygen atoms in total. The van der Waals surface area contributed by atoms with Crippen LogP contribution in [0.5, 0.6) is 0 Å². The average Bonchev–Trinajstić information content (AvgIpc) is 2.27. The van der Waals surface area contributed by atoms with Crippen LogP contribution in [0.4, 0.5) is 0 Å². The highest BCUT2D eigenvalue weighted by Crippen LogP contribution is 1.99. The van der Waals surface area contributed by atoms with Crippen LogP contribution in [0.2, 0.25) is 0 Å². The molecule has 0 atom stereocenters. The minimum atomic E-state index is 1.02. The number of hydrogen-bond donors (Lipinski definition) is 0. The van der Waals surface area contributed by atoms with E-state index in [1.807, 2.05) is 18.3 Å². The van der Waals surface area contributed by atoms with Crippen LogP contribution in [0.25, 0.3) is 0 Å². The van der Waals surface area contributed by atoms with E-state index in [0.717, 1.165) is 19.5 Å². The Morgan fingerprint density at radius 2 is 2.27 bits per heavy atom. The molecule has 1 heterocycles. The molecule has 0 spiro atoms. The summed E-state index contributed by atoms with van der Waals surface area (Å²) in [5.74, 6) is 0. The van der Waals surface area contributed by atoms with E-state index in [4.69, 9.17) is 0 Å². The summed E-state index contributed by atoms with van der Waals surface area (Å²) in [5.41, 5.74) is 2.58. The Kier molecular flexibility index (Phi) is 5.05. The van der Waals surface area contributed by atoms with Gasteiger partial charge in [-0.1, -0.05) is 17.7 Å². The monoisotopic (exact) mass is 204 g/mol. The molecule has 0 amide bonds. The Labute approximate surface area is 92.6 Å².